The first-order chi connectivity index (χ1) is 29.7. The molecule has 0 amide bonds. The van der Waals surface area contributed by atoms with E-state index in [0.717, 1.165) is 56.0 Å². The molecule has 316 valence electrons. The molecule has 5 aromatic rings. The predicted molar refractivity (Wildman–Crippen MR) is 231 cm³/mol. The summed E-state index contributed by atoms with van der Waals surface area (Å²) in [5.74, 6) is -0.522. The largest absolute Gasteiger partial charge is 0.416 e. The lowest BCUT2D eigenvalue weighted by molar-refractivity contribution is -0.138. The number of fused-ring (bicyclic) bond motifs is 2. The Morgan fingerprint density at radius 3 is 2.02 bits per heavy atom. The summed E-state index contributed by atoms with van der Waals surface area (Å²) in [6, 6.07) is 13.1. The second-order valence-corrected chi connectivity index (χ2v) is 16.9. The minimum absolute atomic E-state index is 0.0364. The van der Waals surface area contributed by atoms with Crippen molar-refractivity contribution in [3.05, 3.63) is 144 Å². The highest BCUT2D eigenvalue weighted by Gasteiger charge is 2.31. The Morgan fingerprint density at radius 2 is 1.40 bits per heavy atom. The van der Waals surface area contributed by atoms with Gasteiger partial charge in [-0.25, -0.2) is 9.97 Å². The van der Waals surface area contributed by atoms with E-state index in [4.69, 9.17) is 16.5 Å². The SMILES string of the molecule is N#Cc1nc(NC[C@@H](N)Cc2ccc(C(F)(F)F)cc2)sc1C1C=c2ccncc2=CC1=c1nc(NC[C@@H](N)Cc2ccc(C(F)(F)F)cc2)sc1=C1C=CC2C=NN=CC2=C1. The Bertz CT molecular complexity index is 2900. The molecular weight excluding hydrogens is 847 g/mol. The van der Waals surface area contributed by atoms with Crippen LogP contribution in [-0.4, -0.2) is 52.6 Å². The number of nitriles is 1. The fraction of sp³-hybridized carbons (Fsp3) is 0.227. The first-order valence-corrected chi connectivity index (χ1v) is 20.9. The van der Waals surface area contributed by atoms with Crippen molar-refractivity contribution in [2.45, 2.75) is 43.2 Å². The average molecular weight is 883 g/mol. The van der Waals surface area contributed by atoms with Crippen molar-refractivity contribution in [3.8, 4) is 6.07 Å². The molecule has 2 unspecified atom stereocenters. The third-order valence-corrected chi connectivity index (χ3v) is 12.5. The number of nitrogens with two attached hydrogens (primary N) is 2. The summed E-state index contributed by atoms with van der Waals surface area (Å²) in [5, 5.41) is 28.5. The van der Waals surface area contributed by atoms with Crippen LogP contribution in [0, 0.1) is 17.2 Å². The lowest BCUT2D eigenvalue weighted by atomic mass is 9.89. The normalized spacial score (nSPS) is 19.6. The van der Waals surface area contributed by atoms with Crippen LogP contribution < -0.4 is 42.4 Å². The Labute approximate surface area is 358 Å². The molecule has 10 nitrogen and oxygen atoms in total. The summed E-state index contributed by atoms with van der Waals surface area (Å²) in [6.07, 6.45) is 8.85. The lowest BCUT2D eigenvalue weighted by Crippen LogP contribution is -2.35. The van der Waals surface area contributed by atoms with Gasteiger partial charge < -0.3 is 22.1 Å². The van der Waals surface area contributed by atoms with Gasteiger partial charge in [0.25, 0.3) is 0 Å². The van der Waals surface area contributed by atoms with Crippen LogP contribution in [0.2, 0.25) is 0 Å². The highest BCUT2D eigenvalue weighted by molar-refractivity contribution is 7.16. The van der Waals surface area contributed by atoms with E-state index in [-0.39, 0.29) is 24.7 Å². The van der Waals surface area contributed by atoms with Crippen LogP contribution in [0.5, 0.6) is 0 Å². The molecule has 18 heteroatoms. The highest BCUT2D eigenvalue weighted by atomic mass is 32.1. The van der Waals surface area contributed by atoms with Gasteiger partial charge in [-0.15, -0.1) is 0 Å². The van der Waals surface area contributed by atoms with Gasteiger partial charge in [-0.3, -0.25) is 4.98 Å². The van der Waals surface area contributed by atoms with Gasteiger partial charge in [-0.1, -0.05) is 65.2 Å². The van der Waals surface area contributed by atoms with Gasteiger partial charge in [0.2, 0.25) is 0 Å². The van der Waals surface area contributed by atoms with Crippen LogP contribution in [0.25, 0.3) is 23.3 Å². The van der Waals surface area contributed by atoms with Gasteiger partial charge in [0, 0.05) is 60.8 Å². The highest BCUT2D eigenvalue weighted by Crippen LogP contribution is 2.37. The zero-order valence-electron chi connectivity index (χ0n) is 32.5. The number of hydrogen-bond acceptors (Lipinski definition) is 12. The summed E-state index contributed by atoms with van der Waals surface area (Å²) in [7, 11) is 0. The number of anilines is 2. The summed E-state index contributed by atoms with van der Waals surface area (Å²) < 4.78 is 79.5. The molecule has 0 saturated carbocycles. The number of alkyl halides is 6. The number of nitrogens with zero attached hydrogens (tertiary/aromatic N) is 6. The van der Waals surface area contributed by atoms with E-state index in [1.54, 1.807) is 24.8 Å². The smallest absolute Gasteiger partial charge is 0.360 e. The monoisotopic (exact) mass is 882 g/mol. The number of thiazole rings is 2. The van der Waals surface area contributed by atoms with Crippen LogP contribution in [0.4, 0.5) is 36.6 Å². The van der Waals surface area contributed by atoms with Crippen LogP contribution in [-0.2, 0) is 25.2 Å². The van der Waals surface area contributed by atoms with Crippen molar-refractivity contribution in [1.82, 2.24) is 15.0 Å². The molecular formula is C44H36F6N10S2. The molecule has 2 aliphatic carbocycles. The van der Waals surface area contributed by atoms with Crippen molar-refractivity contribution in [2.24, 2.45) is 27.6 Å². The van der Waals surface area contributed by atoms with Crippen molar-refractivity contribution >= 4 is 68.7 Å². The number of halogens is 6. The average Bonchev–Trinajstić information content (AvgIpc) is 3.89. The maximum atomic E-state index is 13.1. The maximum Gasteiger partial charge on any atom is 0.416 e. The molecule has 0 saturated heterocycles. The van der Waals surface area contributed by atoms with Gasteiger partial charge in [-0.05, 0) is 88.4 Å². The van der Waals surface area contributed by atoms with Gasteiger partial charge in [0.15, 0.2) is 16.0 Å². The zero-order valence-corrected chi connectivity index (χ0v) is 34.1. The molecule has 0 spiro atoms. The van der Waals surface area contributed by atoms with Crippen molar-refractivity contribution in [3.63, 3.8) is 0 Å². The van der Waals surface area contributed by atoms with Gasteiger partial charge >= 0.3 is 12.4 Å². The molecule has 4 atom stereocenters. The van der Waals surface area contributed by atoms with Crippen LogP contribution >= 0.6 is 22.7 Å². The van der Waals surface area contributed by atoms with Gasteiger partial charge in [0.05, 0.1) is 32.1 Å². The molecule has 62 heavy (non-hydrogen) atoms. The van der Waals surface area contributed by atoms with Crippen molar-refractivity contribution in [1.29, 1.82) is 5.26 Å². The molecule has 0 bridgehead atoms. The quantitative estimate of drug-likeness (QED) is 0.128. The number of allylic oxidation sites excluding steroid dienone is 4. The predicted octanol–water partition coefficient (Wildman–Crippen LogP) is 5.41. The third-order valence-electron chi connectivity index (χ3n) is 10.4. The fourth-order valence-electron chi connectivity index (χ4n) is 7.23. The van der Waals surface area contributed by atoms with Gasteiger partial charge in [-0.2, -0.15) is 41.8 Å². The Balaban J connectivity index is 1.14. The standard InChI is InChI=1S/C44H36F6N10S2/c45-43(46,47)31-7-1-24(2-8-31)13-33(52)22-55-41-59-37(18-51)40(62-41)36-16-26-11-12-54-19-30(26)17-35(36)38-39(27-5-6-28-20-57-58-21-29(28)15-27)61-42(60-38)56-23-34(53)14-25-3-9-32(10-4-25)44(48,49)50/h1-12,15-17,19-21,28,33-34,36H,13-14,22-23,52-53H2,(H,55,59)(H,56,60)/t28?,33-,34-,36?/m0/s1. The zero-order chi connectivity index (χ0) is 43.6. The molecule has 0 radical (unpaired) electrons. The number of benzene rings is 2. The number of rotatable bonds is 11. The van der Waals surface area contributed by atoms with E-state index in [1.165, 1.54) is 46.9 Å². The number of pyridine rings is 1. The number of aromatic nitrogens is 3. The van der Waals surface area contributed by atoms with Crippen LogP contribution in [0.3, 0.4) is 0 Å². The number of nitrogens with one attached hydrogen (secondary N) is 2. The molecule has 6 N–H and O–H groups in total. The molecule has 3 aromatic heterocycles. The molecule has 0 fully saturated rings. The molecule has 3 aliphatic rings. The van der Waals surface area contributed by atoms with E-state index in [2.05, 4.69) is 42.9 Å². The maximum absolute atomic E-state index is 13.1. The minimum atomic E-state index is -4.43. The van der Waals surface area contributed by atoms with Crippen LogP contribution in [0.1, 0.15) is 38.7 Å². The van der Waals surface area contributed by atoms with Crippen LogP contribution in [0.15, 0.2) is 101 Å². The lowest BCUT2D eigenvalue weighted by Gasteiger charge is -2.17. The first-order valence-electron chi connectivity index (χ1n) is 19.3. The number of hydrogen-bond donors (Lipinski definition) is 4. The van der Waals surface area contributed by atoms with Crippen molar-refractivity contribution < 1.29 is 26.3 Å². The Hall–Kier alpha value is -6.26. The van der Waals surface area contributed by atoms with E-state index in [0.29, 0.717) is 44.5 Å². The second kappa shape index (κ2) is 17.6. The van der Waals surface area contributed by atoms with Gasteiger partial charge in [0.1, 0.15) is 6.07 Å². The molecule has 4 heterocycles. The molecule has 1 aliphatic heterocycles. The topological polar surface area (TPSA) is 163 Å². The summed E-state index contributed by atoms with van der Waals surface area (Å²) in [6.45, 7) is 0.515. The third kappa shape index (κ3) is 9.61. The summed E-state index contributed by atoms with van der Waals surface area (Å²) >= 11 is 2.72. The Kier molecular flexibility index (Phi) is 12.1. The second-order valence-electron chi connectivity index (χ2n) is 14.9. The van der Waals surface area contributed by atoms with E-state index < -0.39 is 41.5 Å². The molecule has 2 aromatic carbocycles. The fourth-order valence-corrected chi connectivity index (χ4v) is 9.24. The van der Waals surface area contributed by atoms with E-state index >= 15 is 0 Å². The van der Waals surface area contributed by atoms with E-state index in [9.17, 15) is 31.6 Å². The summed E-state index contributed by atoms with van der Waals surface area (Å²) in [4.78, 5) is 14.8. The minimum Gasteiger partial charge on any atom is -0.360 e. The first kappa shape index (κ1) is 42.4. The van der Waals surface area contributed by atoms with Crippen molar-refractivity contribution in [2.75, 3.05) is 23.7 Å². The molecule has 8 rings (SSSR count). The summed E-state index contributed by atoms with van der Waals surface area (Å²) in [5.41, 5.74) is 15.6. The van der Waals surface area contributed by atoms with E-state index in [1.807, 2.05) is 30.4 Å². The Morgan fingerprint density at radius 1 is 0.774 bits per heavy atom.